The van der Waals surface area contributed by atoms with Crippen LogP contribution in [0.15, 0.2) is 51.0 Å². The monoisotopic (exact) mass is 566 g/mol. The molecule has 0 unspecified atom stereocenters. The molecule has 1 aromatic carbocycles. The molecule has 0 radical (unpaired) electrons. The number of β-lactam (4-membered cyclic amide) rings is 1. The summed E-state index contributed by atoms with van der Waals surface area (Å²) in [6.45, 7) is 0. The second kappa shape index (κ2) is 10.5. The molecule has 2 aliphatic heterocycles. The lowest BCUT2D eigenvalue weighted by Gasteiger charge is -2.49. The molecule has 5 N–H and O–H groups in total. The van der Waals surface area contributed by atoms with Crippen molar-refractivity contribution in [2.45, 2.75) is 22.7 Å². The van der Waals surface area contributed by atoms with E-state index >= 15 is 0 Å². The van der Waals surface area contributed by atoms with Gasteiger partial charge in [-0.05, 0) is 36.7 Å². The van der Waals surface area contributed by atoms with Crippen molar-refractivity contribution in [2.24, 2.45) is 5.16 Å². The van der Waals surface area contributed by atoms with Crippen molar-refractivity contribution >= 4 is 61.7 Å². The topological polar surface area (TPSA) is 193 Å². The minimum absolute atomic E-state index is 0.0458. The van der Waals surface area contributed by atoms with Gasteiger partial charge in [-0.3, -0.25) is 14.5 Å². The van der Waals surface area contributed by atoms with Crippen molar-refractivity contribution in [3.8, 4) is 0 Å². The predicted octanol–water partition coefficient (Wildman–Crippen LogP) is -0.0348. The lowest BCUT2D eigenvalue weighted by Crippen LogP contribution is -2.71. The normalized spacial score (nSPS) is 19.8. The molecule has 1 aromatic heterocycles. The van der Waals surface area contributed by atoms with Crippen LogP contribution in [0.25, 0.3) is 0 Å². The molecular weight excluding hydrogens is 544 g/mol. The number of anilines is 1. The zero-order valence-corrected chi connectivity index (χ0v) is 21.9. The fourth-order valence-corrected chi connectivity index (χ4v) is 6.60. The van der Waals surface area contributed by atoms with Gasteiger partial charge in [0.1, 0.15) is 29.9 Å². The molecule has 0 bridgehead atoms. The first-order valence-electron chi connectivity index (χ1n) is 10.6. The van der Waals surface area contributed by atoms with E-state index in [1.54, 1.807) is 12.1 Å². The second-order valence-electron chi connectivity index (χ2n) is 7.84. The number of carbonyl (C=O) groups is 3. The predicted molar refractivity (Wildman–Crippen MR) is 136 cm³/mol. The molecule has 37 heavy (non-hydrogen) atoms. The van der Waals surface area contributed by atoms with Gasteiger partial charge in [0.2, 0.25) is 10.0 Å². The van der Waals surface area contributed by atoms with Crippen LogP contribution in [0.1, 0.15) is 11.3 Å². The van der Waals surface area contributed by atoms with E-state index in [1.165, 1.54) is 43.4 Å². The lowest BCUT2D eigenvalue weighted by atomic mass is 9.99. The molecule has 13 nitrogen and oxygen atoms in total. The number of nitrogens with zero attached hydrogens (tertiary/aromatic N) is 3. The third-order valence-electron chi connectivity index (χ3n) is 5.59. The molecule has 3 heterocycles. The summed E-state index contributed by atoms with van der Waals surface area (Å²) in [4.78, 5) is 48.0. The number of carboxylic acid groups (broad SMARTS) is 1. The largest absolute Gasteiger partial charge is 0.477 e. The van der Waals surface area contributed by atoms with Crippen LogP contribution in [0.2, 0.25) is 0 Å². The Bertz CT molecular complexity index is 1440. The molecule has 4 rings (SSSR count). The lowest BCUT2D eigenvalue weighted by molar-refractivity contribution is -0.150. The molecule has 2 aromatic rings. The SMILES string of the molecule is CNS(=O)(=O)c1cccc(CC2=C(C(=O)O)N3C(=O)[C@@H](NC(=O)/C(=N\OC)c4csc(N)n4)[C@H]3SC2)c1. The van der Waals surface area contributed by atoms with Gasteiger partial charge in [-0.15, -0.1) is 23.1 Å². The van der Waals surface area contributed by atoms with Crippen LogP contribution in [-0.2, 0) is 35.7 Å². The summed E-state index contributed by atoms with van der Waals surface area (Å²) in [5, 5.41) is 17.3. The van der Waals surface area contributed by atoms with E-state index in [-0.39, 0.29) is 39.3 Å². The molecule has 0 aliphatic carbocycles. The number of nitrogens with one attached hydrogen (secondary N) is 2. The summed E-state index contributed by atoms with van der Waals surface area (Å²) in [6.07, 6.45) is 0.130. The molecule has 2 atom stereocenters. The zero-order chi connectivity index (χ0) is 26.9. The summed E-state index contributed by atoms with van der Waals surface area (Å²) in [5.41, 5.74) is 6.48. The smallest absolute Gasteiger partial charge is 0.352 e. The maximum atomic E-state index is 13.0. The fourth-order valence-electron chi connectivity index (χ4n) is 3.91. The number of benzene rings is 1. The van der Waals surface area contributed by atoms with Gasteiger partial charge >= 0.3 is 5.97 Å². The molecule has 0 saturated carbocycles. The maximum absolute atomic E-state index is 13.0. The number of nitrogens with two attached hydrogens (primary N) is 1. The highest BCUT2D eigenvalue weighted by molar-refractivity contribution is 8.00. The Morgan fingerprint density at radius 2 is 2.14 bits per heavy atom. The Morgan fingerprint density at radius 1 is 1.38 bits per heavy atom. The number of fused-ring (bicyclic) bond motifs is 1. The van der Waals surface area contributed by atoms with Gasteiger partial charge in [-0.25, -0.2) is 22.9 Å². The number of sulfonamides is 1. The summed E-state index contributed by atoms with van der Waals surface area (Å²) in [7, 11) is -1.13. The van der Waals surface area contributed by atoms with Crippen LogP contribution in [0.3, 0.4) is 0 Å². The minimum atomic E-state index is -3.68. The molecule has 0 spiro atoms. The number of carbonyl (C=O) groups excluding carboxylic acids is 2. The van der Waals surface area contributed by atoms with E-state index in [0.717, 1.165) is 16.2 Å². The van der Waals surface area contributed by atoms with Crippen molar-refractivity contribution in [1.82, 2.24) is 19.9 Å². The molecule has 16 heteroatoms. The Kier molecular flexibility index (Phi) is 7.54. The maximum Gasteiger partial charge on any atom is 0.352 e. The third kappa shape index (κ3) is 5.18. The Morgan fingerprint density at radius 3 is 2.76 bits per heavy atom. The van der Waals surface area contributed by atoms with Crippen LogP contribution >= 0.6 is 23.1 Å². The standard InChI is InChI=1S/C21H22N6O7S3/c1-23-37(32,33)12-5-3-4-10(7-12)6-11-8-35-19-15(18(29)27(19)16(11)20(30)31)25-17(28)14(26-34-2)13-9-36-21(22)24-13/h3-5,7,9,15,19,23H,6,8H2,1-2H3,(H2,22,24)(H,25,28)(H,30,31)/b26-14-/t15-,19-/m1/s1. The van der Waals surface area contributed by atoms with Crippen molar-refractivity contribution in [1.29, 1.82) is 0 Å². The molecule has 1 fully saturated rings. The number of oxime groups is 1. The van der Waals surface area contributed by atoms with Gasteiger partial charge in [0.15, 0.2) is 10.8 Å². The summed E-state index contributed by atoms with van der Waals surface area (Å²) in [6, 6.07) is 5.14. The number of amides is 2. The number of thioether (sulfide) groups is 1. The number of thiazole rings is 1. The van der Waals surface area contributed by atoms with Crippen molar-refractivity contribution < 1.29 is 32.7 Å². The number of rotatable bonds is 9. The highest BCUT2D eigenvalue weighted by Gasteiger charge is 2.54. The average Bonchev–Trinajstić information content (AvgIpc) is 3.31. The Hall–Kier alpha value is -3.47. The molecule has 2 amide bonds. The van der Waals surface area contributed by atoms with Crippen LogP contribution in [-0.4, -0.2) is 78.2 Å². The number of carboxylic acids is 1. The van der Waals surface area contributed by atoms with E-state index in [9.17, 15) is 27.9 Å². The number of aromatic nitrogens is 1. The number of aliphatic carboxylic acids is 1. The Balaban J connectivity index is 1.55. The number of nitrogen functional groups attached to an aromatic ring is 1. The van der Waals surface area contributed by atoms with Gasteiger partial charge < -0.3 is 21.0 Å². The van der Waals surface area contributed by atoms with Gasteiger partial charge in [-0.1, -0.05) is 17.3 Å². The van der Waals surface area contributed by atoms with Gasteiger partial charge in [0.25, 0.3) is 11.8 Å². The highest BCUT2D eigenvalue weighted by Crippen LogP contribution is 2.41. The van der Waals surface area contributed by atoms with Gasteiger partial charge in [0, 0.05) is 11.1 Å². The minimum Gasteiger partial charge on any atom is -0.477 e. The summed E-state index contributed by atoms with van der Waals surface area (Å²) < 4.78 is 26.5. The Labute approximate surface area is 219 Å². The van der Waals surface area contributed by atoms with Crippen LogP contribution in [0.4, 0.5) is 5.13 Å². The zero-order valence-electron chi connectivity index (χ0n) is 19.5. The van der Waals surface area contributed by atoms with Gasteiger partial charge in [0.05, 0.1) is 4.90 Å². The second-order valence-corrected chi connectivity index (χ2v) is 11.7. The van der Waals surface area contributed by atoms with Crippen LogP contribution < -0.4 is 15.8 Å². The first kappa shape index (κ1) is 26.6. The quantitative estimate of drug-likeness (QED) is 0.182. The molecule has 196 valence electrons. The average molecular weight is 567 g/mol. The first-order valence-corrected chi connectivity index (χ1v) is 14.0. The number of hydrogen-bond donors (Lipinski definition) is 4. The summed E-state index contributed by atoms with van der Waals surface area (Å²) >= 11 is 2.39. The van der Waals surface area contributed by atoms with E-state index in [4.69, 9.17) is 10.6 Å². The van der Waals surface area contributed by atoms with Crippen LogP contribution in [0, 0.1) is 0 Å². The van der Waals surface area contributed by atoms with Crippen molar-refractivity contribution in [3.63, 3.8) is 0 Å². The molecule has 2 aliphatic rings. The van der Waals surface area contributed by atoms with E-state index < -0.39 is 39.2 Å². The molecular formula is C21H22N6O7S3. The van der Waals surface area contributed by atoms with Gasteiger partial charge in [-0.2, -0.15) is 0 Å². The first-order chi connectivity index (χ1) is 17.6. The highest BCUT2D eigenvalue weighted by atomic mass is 32.2. The van der Waals surface area contributed by atoms with Crippen LogP contribution in [0.5, 0.6) is 0 Å². The van der Waals surface area contributed by atoms with Crippen molar-refractivity contribution in [2.75, 3.05) is 25.6 Å². The van der Waals surface area contributed by atoms with E-state index in [2.05, 4.69) is 20.2 Å². The van der Waals surface area contributed by atoms with E-state index in [1.807, 2.05) is 0 Å². The van der Waals surface area contributed by atoms with Crippen molar-refractivity contribution in [3.05, 3.63) is 52.2 Å². The third-order valence-corrected chi connectivity index (χ3v) is 9.02. The van der Waals surface area contributed by atoms with E-state index in [0.29, 0.717) is 11.1 Å². The molecule has 1 saturated heterocycles. The number of hydrogen-bond acceptors (Lipinski definition) is 11. The fraction of sp³-hybridized carbons (Fsp3) is 0.286. The summed E-state index contributed by atoms with van der Waals surface area (Å²) in [5.74, 6) is -2.36.